The molecule has 1 radical (unpaired) electrons. The summed E-state index contributed by atoms with van der Waals surface area (Å²) >= 11 is 0. The first-order chi connectivity index (χ1) is 29.0. The Labute approximate surface area is 372 Å². The molecular weight excluding hydrogens is 941 g/mol. The van der Waals surface area contributed by atoms with Crippen molar-refractivity contribution < 1.29 is 24.5 Å². The molecule has 10 rings (SSSR count). The fraction of sp³-hybridized carbons (Fsp3) is 0.130. The van der Waals surface area contributed by atoms with Gasteiger partial charge in [0.05, 0.1) is 36.2 Å². The zero-order chi connectivity index (χ0) is 41.4. The van der Waals surface area contributed by atoms with Gasteiger partial charge in [0.1, 0.15) is 0 Å². The van der Waals surface area contributed by atoms with E-state index in [1.807, 2.05) is 60.8 Å². The summed E-state index contributed by atoms with van der Waals surface area (Å²) in [6.07, 6.45) is 2.02. The number of furan rings is 1. The molecule has 0 aliphatic carbocycles. The average molecular weight is 987 g/mol. The van der Waals surface area contributed by atoms with Gasteiger partial charge < -0.3 is 14.0 Å². The van der Waals surface area contributed by atoms with Crippen molar-refractivity contribution in [2.24, 2.45) is 0 Å². The quantitative estimate of drug-likeness (QED) is 0.123. The molecule has 0 saturated heterocycles. The second-order valence-electron chi connectivity index (χ2n) is 17.2. The van der Waals surface area contributed by atoms with E-state index in [0.29, 0.717) is 5.71 Å². The molecule has 0 bridgehead atoms. The summed E-state index contributed by atoms with van der Waals surface area (Å²) in [5.74, 6) is 0.778. The number of nitrogens with zero attached hydrogens (tertiary/aromatic N) is 4. The van der Waals surface area contributed by atoms with Gasteiger partial charge in [0.2, 0.25) is 5.71 Å². The first-order valence-corrected chi connectivity index (χ1v) is 23.9. The van der Waals surface area contributed by atoms with E-state index < -0.39 is 8.07 Å². The number of benzene rings is 6. The van der Waals surface area contributed by atoms with E-state index in [4.69, 9.17) is 14.4 Å². The summed E-state index contributed by atoms with van der Waals surface area (Å²) < 4.78 is 8.83. The zero-order valence-corrected chi connectivity index (χ0v) is 38.6. The number of pyridine rings is 2. The maximum atomic E-state index is 6.57. The summed E-state index contributed by atoms with van der Waals surface area (Å²) in [6, 6.07) is 63.0. The average Bonchev–Trinajstić information content (AvgIpc) is 3.85. The van der Waals surface area contributed by atoms with Crippen molar-refractivity contribution in [3.05, 3.63) is 188 Å². The van der Waals surface area contributed by atoms with Crippen molar-refractivity contribution in [2.45, 2.75) is 45.8 Å². The number of aromatic nitrogens is 4. The van der Waals surface area contributed by atoms with E-state index in [1.54, 1.807) is 0 Å². The molecule has 10 aromatic rings. The van der Waals surface area contributed by atoms with Crippen molar-refractivity contribution in [2.75, 3.05) is 0 Å². The minimum atomic E-state index is -1.23. The Morgan fingerprint density at radius 1 is 0.623 bits per heavy atom. The predicted octanol–water partition coefficient (Wildman–Crippen LogP) is 13.5. The molecule has 0 N–H and O–H groups in total. The molecule has 4 aromatic heterocycles. The summed E-state index contributed by atoms with van der Waals surface area (Å²) in [6.45, 7) is 13.8. The van der Waals surface area contributed by atoms with E-state index >= 15 is 0 Å². The normalized spacial score (nSPS) is 11.6. The third-order valence-electron chi connectivity index (χ3n) is 11.0. The molecule has 0 fully saturated rings. The zero-order valence-electron chi connectivity index (χ0n) is 35.2. The Hall–Kier alpha value is -6.24. The van der Waals surface area contributed by atoms with Crippen LogP contribution in [0.25, 0.3) is 83.8 Å². The monoisotopic (exact) mass is 987 g/mol. The van der Waals surface area contributed by atoms with Crippen molar-refractivity contribution in [1.82, 2.24) is 19.5 Å². The molecule has 0 amide bonds. The van der Waals surface area contributed by atoms with Crippen LogP contribution in [0.15, 0.2) is 174 Å². The number of rotatable bonds is 6. The van der Waals surface area contributed by atoms with Crippen LogP contribution in [0, 0.1) is 12.1 Å². The topological polar surface area (TPSA) is 56.7 Å². The molecule has 0 atom stereocenters. The maximum absolute atomic E-state index is 6.57. The molecular formula is C54H46IrN4OSi-2. The van der Waals surface area contributed by atoms with E-state index in [0.717, 1.165) is 78.1 Å². The SMILES string of the molecule is CC(C)(C)c1ccc(-n2c(-c3[c-]ccc4c3oc3nc(-c5ccccc5)ccc34)nc3ccccc32)c(-c2ccccc2)c1.C[Si](C)(C)c1ccc(-c2[c-]cccc2)nc1.[Ir]. The van der Waals surface area contributed by atoms with Crippen LogP contribution < -0.4 is 5.19 Å². The Kier molecular flexibility index (Phi) is 11.6. The summed E-state index contributed by atoms with van der Waals surface area (Å²) in [5, 5.41) is 3.36. The maximum Gasteiger partial charge on any atom is 0.216 e. The van der Waals surface area contributed by atoms with Crippen LogP contribution in [0.1, 0.15) is 26.3 Å². The minimum absolute atomic E-state index is 0. The smallest absolute Gasteiger partial charge is 0.216 e. The predicted molar refractivity (Wildman–Crippen MR) is 251 cm³/mol. The molecule has 6 aromatic carbocycles. The van der Waals surface area contributed by atoms with Crippen LogP contribution in [0.3, 0.4) is 0 Å². The van der Waals surface area contributed by atoms with Crippen LogP contribution in [0.5, 0.6) is 0 Å². The van der Waals surface area contributed by atoms with Gasteiger partial charge in [-0.25, -0.2) is 4.98 Å². The Bertz CT molecular complexity index is 3090. The number of hydrogen-bond acceptors (Lipinski definition) is 4. The third kappa shape index (κ3) is 8.42. The van der Waals surface area contributed by atoms with Crippen LogP contribution in [0.2, 0.25) is 19.6 Å². The molecule has 303 valence electrons. The molecule has 0 aliphatic rings. The fourth-order valence-corrected chi connectivity index (χ4v) is 8.63. The van der Waals surface area contributed by atoms with Crippen LogP contribution >= 0.6 is 0 Å². The molecule has 0 aliphatic heterocycles. The molecule has 61 heavy (non-hydrogen) atoms. The van der Waals surface area contributed by atoms with E-state index in [9.17, 15) is 0 Å². The van der Waals surface area contributed by atoms with Crippen molar-refractivity contribution in [3.63, 3.8) is 0 Å². The molecule has 5 nitrogen and oxygen atoms in total. The molecule has 4 heterocycles. The van der Waals surface area contributed by atoms with Gasteiger partial charge in [-0.3, -0.25) is 4.98 Å². The van der Waals surface area contributed by atoms with Crippen LogP contribution in [0.4, 0.5) is 0 Å². The van der Waals surface area contributed by atoms with Gasteiger partial charge in [-0.2, -0.15) is 0 Å². The largest absolute Gasteiger partial charge is 0.486 e. The van der Waals surface area contributed by atoms with Gasteiger partial charge in [0.25, 0.3) is 0 Å². The first kappa shape index (κ1) is 41.5. The Morgan fingerprint density at radius 3 is 2.02 bits per heavy atom. The summed E-state index contributed by atoms with van der Waals surface area (Å²) in [4.78, 5) is 14.6. The van der Waals surface area contributed by atoms with Gasteiger partial charge >= 0.3 is 0 Å². The van der Waals surface area contributed by atoms with Gasteiger partial charge in [-0.15, -0.1) is 54.1 Å². The van der Waals surface area contributed by atoms with Gasteiger partial charge in [-0.05, 0) is 63.8 Å². The number of fused-ring (bicyclic) bond motifs is 4. The van der Waals surface area contributed by atoms with Crippen LogP contribution in [-0.2, 0) is 25.5 Å². The number of imidazole rings is 1. The van der Waals surface area contributed by atoms with E-state index in [2.05, 4.69) is 171 Å². The van der Waals surface area contributed by atoms with Crippen molar-refractivity contribution >= 4 is 46.4 Å². The molecule has 0 unspecified atom stereocenters. The van der Waals surface area contributed by atoms with Crippen LogP contribution in [-0.4, -0.2) is 27.6 Å². The Balaban J connectivity index is 0.000000255. The molecule has 7 heteroatoms. The van der Waals surface area contributed by atoms with Crippen molar-refractivity contribution in [1.29, 1.82) is 0 Å². The summed E-state index contributed by atoms with van der Waals surface area (Å²) in [5.41, 5.74) is 12.7. The van der Waals surface area contributed by atoms with E-state index in [-0.39, 0.29) is 25.5 Å². The standard InChI is InChI=1S/C40H30N3O.C14H16NSi.Ir/c1-40(2,3)28-21-24-35(32(25-28)26-13-6-4-7-14-26)43-36-20-11-10-19-34(36)41-38(43)31-18-12-17-29-30-22-23-33(27-15-8-5-9-16-27)42-39(30)44-37(29)31;1-16(2,3)13-9-10-14(15-11-13)12-7-5-4-6-8-12;/h4-17,19-25H,1-3H3;4-7,9-11H,1-3H3;/q2*-1;. The first-order valence-electron chi connectivity index (χ1n) is 20.4. The van der Waals surface area contributed by atoms with E-state index in [1.165, 1.54) is 10.8 Å². The van der Waals surface area contributed by atoms with Gasteiger partial charge in [0, 0.05) is 48.5 Å². The molecule has 0 saturated carbocycles. The van der Waals surface area contributed by atoms with Gasteiger partial charge in [-0.1, -0.05) is 142 Å². The fourth-order valence-electron chi connectivity index (χ4n) is 7.59. The molecule has 0 spiro atoms. The van der Waals surface area contributed by atoms with Gasteiger partial charge in [0.15, 0.2) is 0 Å². The second kappa shape index (κ2) is 17.0. The third-order valence-corrected chi connectivity index (χ3v) is 13.0. The number of hydrogen-bond donors (Lipinski definition) is 0. The second-order valence-corrected chi connectivity index (χ2v) is 22.3. The minimum Gasteiger partial charge on any atom is -0.486 e. The van der Waals surface area contributed by atoms with Crippen molar-refractivity contribution in [3.8, 4) is 50.7 Å². The Morgan fingerprint density at radius 2 is 1.33 bits per heavy atom. The summed E-state index contributed by atoms with van der Waals surface area (Å²) in [7, 11) is -1.23. The number of para-hydroxylation sites is 2.